The molecule has 0 bridgehead atoms. The fourth-order valence-electron chi connectivity index (χ4n) is 3.66. The molecule has 19 nitrogen and oxygen atoms in total. The van der Waals surface area contributed by atoms with Gasteiger partial charge in [0.05, 0.1) is 12.5 Å². The monoisotopic (exact) mass is 659 g/mol. The molecule has 0 aliphatic carbocycles. The number of hydrogen-bond donors (Lipinski definition) is 10. The van der Waals surface area contributed by atoms with Crippen molar-refractivity contribution in [2.75, 3.05) is 6.54 Å². The third kappa shape index (κ3) is 16.9. The van der Waals surface area contributed by atoms with Crippen molar-refractivity contribution in [3.05, 3.63) is 0 Å². The van der Waals surface area contributed by atoms with Crippen molar-refractivity contribution in [3.63, 3.8) is 0 Å². The van der Waals surface area contributed by atoms with Crippen molar-refractivity contribution < 1.29 is 58.5 Å². The Morgan fingerprint density at radius 1 is 0.565 bits per heavy atom. The van der Waals surface area contributed by atoms with E-state index in [0.29, 0.717) is 0 Å². The quantitative estimate of drug-likeness (QED) is 0.0580. The first-order valence-corrected chi connectivity index (χ1v) is 14.5. The number of aliphatic carboxylic acids is 3. The summed E-state index contributed by atoms with van der Waals surface area (Å²) < 4.78 is 0. The van der Waals surface area contributed by atoms with E-state index in [-0.39, 0.29) is 38.1 Å². The second-order valence-electron chi connectivity index (χ2n) is 11.0. The largest absolute Gasteiger partial charge is 0.480 e. The highest BCUT2D eigenvalue weighted by Gasteiger charge is 2.30. The summed E-state index contributed by atoms with van der Waals surface area (Å²) in [6.07, 6.45) is -1.66. The molecule has 6 atom stereocenters. The summed E-state index contributed by atoms with van der Waals surface area (Å²) in [6, 6.07) is -7.57. The van der Waals surface area contributed by atoms with Crippen LogP contribution in [0.25, 0.3) is 0 Å². The topological polar surface area (TPSA) is 313 Å². The molecule has 0 aliphatic heterocycles. The maximum Gasteiger partial charge on any atom is 0.326 e. The molecule has 260 valence electrons. The van der Waals surface area contributed by atoms with Crippen molar-refractivity contribution in [3.8, 4) is 0 Å². The van der Waals surface area contributed by atoms with E-state index in [9.17, 15) is 53.4 Å². The first-order valence-electron chi connectivity index (χ1n) is 14.5. The van der Waals surface area contributed by atoms with Crippen molar-refractivity contribution >= 4 is 53.4 Å². The van der Waals surface area contributed by atoms with Gasteiger partial charge in [0.1, 0.15) is 30.2 Å². The minimum Gasteiger partial charge on any atom is -0.480 e. The summed E-state index contributed by atoms with van der Waals surface area (Å²) in [7, 11) is 0. The molecule has 0 aliphatic rings. The molecule has 0 saturated heterocycles. The molecule has 19 heteroatoms. The lowest BCUT2D eigenvalue weighted by Crippen LogP contribution is -2.55. The van der Waals surface area contributed by atoms with Crippen molar-refractivity contribution in [2.24, 2.45) is 11.7 Å². The number of carbonyl (C=O) groups is 9. The Morgan fingerprint density at radius 2 is 1.09 bits per heavy atom. The zero-order chi connectivity index (χ0) is 35.7. The first-order chi connectivity index (χ1) is 21.2. The lowest BCUT2D eigenvalue weighted by atomic mass is 10.0. The number of carbonyl (C=O) groups excluding carboxylic acids is 6. The number of rotatable bonds is 21. The minimum atomic E-state index is -1.69. The number of nitrogens with one attached hydrogen (secondary N) is 6. The molecule has 0 rings (SSSR count). The van der Waals surface area contributed by atoms with Gasteiger partial charge in [0, 0.05) is 19.4 Å². The minimum absolute atomic E-state index is 0.0613. The average Bonchev–Trinajstić information content (AvgIpc) is 2.93. The van der Waals surface area contributed by atoms with Crippen LogP contribution in [0.3, 0.4) is 0 Å². The molecular formula is C27H45N7O12. The van der Waals surface area contributed by atoms with Crippen LogP contribution in [-0.2, 0) is 43.2 Å². The average molecular weight is 660 g/mol. The van der Waals surface area contributed by atoms with Crippen LogP contribution in [0.15, 0.2) is 0 Å². The molecule has 46 heavy (non-hydrogen) atoms. The SMILES string of the molecule is CC(C)C[C@H](NC(=O)[C@@H](C)N)C(=O)N[C@@H](CC(=O)N[C@@H](C)C(=O)NCCC(=O)N[C@H](CCC(=O)N[C@@H](C)C(=O)O)C(=O)O)C(=O)O. The Labute approximate surface area is 265 Å². The van der Waals surface area contributed by atoms with Crippen molar-refractivity contribution in [1.29, 1.82) is 0 Å². The van der Waals surface area contributed by atoms with E-state index in [0.717, 1.165) is 0 Å². The van der Waals surface area contributed by atoms with Gasteiger partial charge in [-0.1, -0.05) is 13.8 Å². The van der Waals surface area contributed by atoms with Gasteiger partial charge in [-0.25, -0.2) is 9.59 Å². The van der Waals surface area contributed by atoms with Crippen LogP contribution in [0.2, 0.25) is 0 Å². The second-order valence-corrected chi connectivity index (χ2v) is 11.0. The molecule has 0 unspecified atom stereocenters. The number of amides is 6. The van der Waals surface area contributed by atoms with E-state index in [4.69, 9.17) is 10.8 Å². The number of carboxylic acids is 3. The van der Waals surface area contributed by atoms with E-state index in [1.807, 2.05) is 0 Å². The Kier molecular flexibility index (Phi) is 18.1. The maximum absolute atomic E-state index is 12.7. The Morgan fingerprint density at radius 3 is 1.59 bits per heavy atom. The van der Waals surface area contributed by atoms with Gasteiger partial charge in [0.15, 0.2) is 0 Å². The molecule has 0 aromatic rings. The summed E-state index contributed by atoms with van der Waals surface area (Å²) in [6.45, 7) is 7.20. The smallest absolute Gasteiger partial charge is 0.326 e. The van der Waals surface area contributed by atoms with Crippen LogP contribution in [-0.4, -0.2) is 111 Å². The Bertz CT molecular complexity index is 1140. The molecule has 0 aromatic carbocycles. The van der Waals surface area contributed by atoms with Gasteiger partial charge >= 0.3 is 17.9 Å². The van der Waals surface area contributed by atoms with Gasteiger partial charge < -0.3 is 53.0 Å². The van der Waals surface area contributed by atoms with Gasteiger partial charge in [-0.05, 0) is 39.5 Å². The zero-order valence-corrected chi connectivity index (χ0v) is 26.4. The lowest BCUT2D eigenvalue weighted by Gasteiger charge is -2.23. The molecule has 6 amide bonds. The first kappa shape index (κ1) is 41.2. The molecule has 11 N–H and O–H groups in total. The summed E-state index contributed by atoms with van der Waals surface area (Å²) in [5, 5.41) is 41.3. The second kappa shape index (κ2) is 20.3. The molecule has 0 radical (unpaired) electrons. The Balaban J connectivity index is 4.89. The van der Waals surface area contributed by atoms with E-state index in [1.165, 1.54) is 20.8 Å². The summed E-state index contributed by atoms with van der Waals surface area (Å²) >= 11 is 0. The Hall–Kier alpha value is -4.81. The molecular weight excluding hydrogens is 614 g/mol. The fourth-order valence-corrected chi connectivity index (χ4v) is 3.66. The zero-order valence-electron chi connectivity index (χ0n) is 26.4. The van der Waals surface area contributed by atoms with Crippen LogP contribution in [0, 0.1) is 5.92 Å². The summed E-state index contributed by atoms with van der Waals surface area (Å²) in [5.41, 5.74) is 5.52. The third-order valence-corrected chi connectivity index (χ3v) is 6.22. The van der Waals surface area contributed by atoms with Crippen LogP contribution >= 0.6 is 0 Å². The summed E-state index contributed by atoms with van der Waals surface area (Å²) in [4.78, 5) is 108. The predicted octanol–water partition coefficient (Wildman–Crippen LogP) is -3.23. The highest BCUT2D eigenvalue weighted by molar-refractivity contribution is 5.94. The van der Waals surface area contributed by atoms with Crippen LogP contribution < -0.4 is 37.6 Å². The molecule has 0 saturated carbocycles. The van der Waals surface area contributed by atoms with Crippen molar-refractivity contribution in [1.82, 2.24) is 31.9 Å². The molecule has 0 heterocycles. The normalized spacial score (nSPS) is 14.7. The van der Waals surface area contributed by atoms with Gasteiger partial charge in [0.2, 0.25) is 35.4 Å². The van der Waals surface area contributed by atoms with Gasteiger partial charge in [0.25, 0.3) is 0 Å². The summed E-state index contributed by atoms with van der Waals surface area (Å²) in [5.74, 6) is -8.95. The van der Waals surface area contributed by atoms with Crippen LogP contribution in [0.4, 0.5) is 0 Å². The van der Waals surface area contributed by atoms with Gasteiger partial charge in [-0.2, -0.15) is 0 Å². The van der Waals surface area contributed by atoms with Crippen LogP contribution in [0.1, 0.15) is 66.7 Å². The maximum atomic E-state index is 12.7. The predicted molar refractivity (Wildman–Crippen MR) is 158 cm³/mol. The molecule has 0 aromatic heterocycles. The van der Waals surface area contributed by atoms with Gasteiger partial charge in [-0.3, -0.25) is 33.6 Å². The van der Waals surface area contributed by atoms with E-state index in [2.05, 4.69) is 31.9 Å². The van der Waals surface area contributed by atoms with E-state index < -0.39 is 96.0 Å². The fraction of sp³-hybridized carbons (Fsp3) is 0.667. The highest BCUT2D eigenvalue weighted by atomic mass is 16.4. The van der Waals surface area contributed by atoms with Gasteiger partial charge in [-0.15, -0.1) is 0 Å². The third-order valence-electron chi connectivity index (χ3n) is 6.22. The van der Waals surface area contributed by atoms with E-state index in [1.54, 1.807) is 13.8 Å². The molecule has 0 fully saturated rings. The number of carboxylic acid groups (broad SMARTS) is 3. The molecule has 0 spiro atoms. The highest BCUT2D eigenvalue weighted by Crippen LogP contribution is 2.07. The standard InChI is InChI=1S/C27H45N7O12/c1-12(2)10-17(33-22(38)13(3)28)24(40)34-18(27(45)46)11-21(37)30-14(4)23(39)29-9-8-20(36)32-16(26(43)44)6-7-19(35)31-15(5)25(41)42/h12-18H,6-11,28H2,1-5H3,(H,29,39)(H,30,37)(H,31,35)(H,32,36)(H,33,38)(H,34,40)(H,41,42)(H,43,44)(H,45,46)/t13-,14+,15+,16-,17+,18+/m1/s1. The van der Waals surface area contributed by atoms with Crippen molar-refractivity contribution in [2.45, 2.75) is 103 Å². The lowest BCUT2D eigenvalue weighted by molar-refractivity contribution is -0.144. The number of nitrogens with two attached hydrogens (primary N) is 1. The number of hydrogen-bond acceptors (Lipinski definition) is 10. The van der Waals surface area contributed by atoms with E-state index >= 15 is 0 Å². The van der Waals surface area contributed by atoms with Crippen LogP contribution in [0.5, 0.6) is 0 Å².